The number of hydrogen-bond acceptors (Lipinski definition) is 6. The van der Waals surface area contributed by atoms with Crippen LogP contribution in [-0.2, 0) is 10.0 Å². The van der Waals surface area contributed by atoms with Crippen molar-refractivity contribution in [3.05, 3.63) is 42.2 Å². The monoisotopic (exact) mass is 402 g/mol. The number of ether oxygens (including phenoxy) is 1. The Hall–Kier alpha value is -2.19. The molecule has 2 saturated heterocycles. The summed E-state index contributed by atoms with van der Waals surface area (Å²) in [6, 6.07) is 9.00. The molecule has 0 radical (unpaired) electrons. The molecule has 1 spiro atoms. The van der Waals surface area contributed by atoms with Crippen molar-refractivity contribution in [3.63, 3.8) is 0 Å². The summed E-state index contributed by atoms with van der Waals surface area (Å²) in [4.78, 5) is 11.1. The lowest BCUT2D eigenvalue weighted by molar-refractivity contribution is 0.246. The van der Waals surface area contributed by atoms with Crippen molar-refractivity contribution >= 4 is 15.8 Å². The molecule has 2 aliphatic heterocycles. The summed E-state index contributed by atoms with van der Waals surface area (Å²) < 4.78 is 33.1. The molecule has 3 heterocycles. The lowest BCUT2D eigenvalue weighted by atomic mass is 9.79. The summed E-state index contributed by atoms with van der Waals surface area (Å²) in [6.07, 6.45) is 4.44. The molecule has 0 amide bonds. The lowest BCUT2D eigenvalue weighted by Gasteiger charge is -2.41. The normalized spacial score (nSPS) is 23.3. The fraction of sp³-hybridized carbons (Fsp3) is 0.500. The number of aryl methyl sites for hydroxylation is 1. The molecule has 8 heteroatoms. The number of anilines is 1. The van der Waals surface area contributed by atoms with Gasteiger partial charge in [-0.15, -0.1) is 0 Å². The van der Waals surface area contributed by atoms with Crippen LogP contribution in [0, 0.1) is 12.3 Å². The van der Waals surface area contributed by atoms with E-state index < -0.39 is 10.0 Å². The molecule has 1 aromatic carbocycles. The number of nitrogens with zero attached hydrogens (tertiary/aromatic N) is 4. The molecular formula is C20H26N4O3S. The van der Waals surface area contributed by atoms with Crippen molar-refractivity contribution in [3.8, 4) is 5.88 Å². The predicted molar refractivity (Wildman–Crippen MR) is 107 cm³/mol. The van der Waals surface area contributed by atoms with E-state index in [0.29, 0.717) is 23.9 Å². The van der Waals surface area contributed by atoms with Gasteiger partial charge in [-0.25, -0.2) is 18.4 Å². The Morgan fingerprint density at radius 2 is 1.96 bits per heavy atom. The van der Waals surface area contributed by atoms with Crippen molar-refractivity contribution in [1.29, 1.82) is 0 Å². The van der Waals surface area contributed by atoms with Crippen molar-refractivity contribution in [2.75, 3.05) is 38.2 Å². The highest BCUT2D eigenvalue weighted by Crippen LogP contribution is 2.41. The molecule has 28 heavy (non-hydrogen) atoms. The van der Waals surface area contributed by atoms with Gasteiger partial charge in [0, 0.05) is 37.7 Å². The smallest absolute Gasteiger partial charge is 0.243 e. The Bertz CT molecular complexity index is 965. The van der Waals surface area contributed by atoms with Crippen molar-refractivity contribution in [2.45, 2.75) is 31.1 Å². The van der Waals surface area contributed by atoms with Gasteiger partial charge in [0.05, 0.1) is 12.0 Å². The zero-order valence-corrected chi connectivity index (χ0v) is 17.2. The second-order valence-corrected chi connectivity index (χ2v) is 9.79. The Balaban J connectivity index is 1.53. The molecule has 1 aromatic heterocycles. The van der Waals surface area contributed by atoms with Crippen LogP contribution in [0.1, 0.15) is 24.8 Å². The van der Waals surface area contributed by atoms with E-state index in [9.17, 15) is 8.42 Å². The molecule has 7 nitrogen and oxygen atoms in total. The SMILES string of the molecule is COc1cc(N2CCCC3(CCN(S(=O)(=O)c4cccc(C)c4)C3)C2)ncn1. The van der Waals surface area contributed by atoms with Crippen LogP contribution in [-0.4, -0.2) is 56.0 Å². The van der Waals surface area contributed by atoms with Gasteiger partial charge in [0.2, 0.25) is 15.9 Å². The zero-order valence-electron chi connectivity index (χ0n) is 16.3. The Kier molecular flexibility index (Phi) is 5.01. The first-order valence-corrected chi connectivity index (χ1v) is 11.0. The van der Waals surface area contributed by atoms with Crippen LogP contribution in [0.2, 0.25) is 0 Å². The number of piperidine rings is 1. The molecule has 0 N–H and O–H groups in total. The highest BCUT2D eigenvalue weighted by Gasteiger charge is 2.45. The highest BCUT2D eigenvalue weighted by molar-refractivity contribution is 7.89. The third-order valence-electron chi connectivity index (χ3n) is 5.85. The van der Waals surface area contributed by atoms with Gasteiger partial charge < -0.3 is 9.64 Å². The van der Waals surface area contributed by atoms with Gasteiger partial charge in [-0.1, -0.05) is 12.1 Å². The Morgan fingerprint density at radius 1 is 1.11 bits per heavy atom. The maximum Gasteiger partial charge on any atom is 0.243 e. The number of benzene rings is 1. The Labute approximate surface area is 166 Å². The first-order valence-electron chi connectivity index (χ1n) is 9.60. The molecule has 2 aromatic rings. The van der Waals surface area contributed by atoms with Crippen LogP contribution in [0.3, 0.4) is 0 Å². The first kappa shape index (κ1) is 19.1. The zero-order chi connectivity index (χ0) is 19.8. The van der Waals surface area contributed by atoms with E-state index in [2.05, 4.69) is 14.9 Å². The number of sulfonamides is 1. The second-order valence-electron chi connectivity index (χ2n) is 7.85. The molecule has 1 atom stereocenters. The number of hydrogen-bond donors (Lipinski definition) is 0. The van der Waals surface area contributed by atoms with Crippen LogP contribution in [0.5, 0.6) is 5.88 Å². The first-order chi connectivity index (χ1) is 13.4. The minimum Gasteiger partial charge on any atom is -0.481 e. The average Bonchev–Trinajstić information content (AvgIpc) is 3.12. The topological polar surface area (TPSA) is 75.6 Å². The summed E-state index contributed by atoms with van der Waals surface area (Å²) in [6.45, 7) is 4.75. The van der Waals surface area contributed by atoms with E-state index in [-0.39, 0.29) is 5.41 Å². The summed E-state index contributed by atoms with van der Waals surface area (Å²) in [5, 5.41) is 0. The van der Waals surface area contributed by atoms with Crippen molar-refractivity contribution in [2.24, 2.45) is 5.41 Å². The summed E-state index contributed by atoms with van der Waals surface area (Å²) >= 11 is 0. The predicted octanol–water partition coefficient (Wildman–Crippen LogP) is 2.47. The van der Waals surface area contributed by atoms with Gasteiger partial charge in [-0.2, -0.15) is 4.31 Å². The largest absolute Gasteiger partial charge is 0.481 e. The lowest BCUT2D eigenvalue weighted by Crippen LogP contribution is -2.45. The third kappa shape index (κ3) is 3.58. The fourth-order valence-electron chi connectivity index (χ4n) is 4.38. The fourth-order valence-corrected chi connectivity index (χ4v) is 6.03. The average molecular weight is 403 g/mol. The molecule has 1 unspecified atom stereocenters. The van der Waals surface area contributed by atoms with E-state index in [4.69, 9.17) is 4.74 Å². The minimum absolute atomic E-state index is 0.0344. The number of aromatic nitrogens is 2. The third-order valence-corrected chi connectivity index (χ3v) is 7.69. The molecule has 2 aliphatic rings. The van der Waals surface area contributed by atoms with Crippen molar-refractivity contribution < 1.29 is 13.2 Å². The van der Waals surface area contributed by atoms with Gasteiger partial charge in [-0.05, 0) is 43.9 Å². The minimum atomic E-state index is -3.46. The van der Waals surface area contributed by atoms with E-state index in [1.54, 1.807) is 29.6 Å². The molecule has 0 bridgehead atoms. The molecule has 4 rings (SSSR count). The number of rotatable bonds is 4. The van der Waals surface area contributed by atoms with E-state index >= 15 is 0 Å². The molecule has 150 valence electrons. The summed E-state index contributed by atoms with van der Waals surface area (Å²) in [5.41, 5.74) is 0.921. The second kappa shape index (κ2) is 7.33. The van der Waals surface area contributed by atoms with Gasteiger partial charge in [0.25, 0.3) is 0 Å². The van der Waals surface area contributed by atoms with Gasteiger partial charge >= 0.3 is 0 Å². The van der Waals surface area contributed by atoms with Crippen molar-refractivity contribution in [1.82, 2.24) is 14.3 Å². The number of methoxy groups -OCH3 is 1. The molecular weight excluding hydrogens is 376 g/mol. The Morgan fingerprint density at radius 3 is 2.75 bits per heavy atom. The standard InChI is InChI=1S/C20H26N4O3S/c1-16-5-3-6-17(11-16)28(25,26)24-10-8-20(14-24)7-4-9-23(13-20)18-12-19(27-2)22-15-21-18/h3,5-6,11-12,15H,4,7-10,13-14H2,1-2H3. The maximum absolute atomic E-state index is 13.1. The molecule has 0 aliphatic carbocycles. The maximum atomic E-state index is 13.1. The van der Waals surface area contributed by atoms with Gasteiger partial charge in [0.15, 0.2) is 0 Å². The van der Waals surface area contributed by atoms with Gasteiger partial charge in [0.1, 0.15) is 12.1 Å². The van der Waals surface area contributed by atoms with Gasteiger partial charge in [-0.3, -0.25) is 0 Å². The van der Waals surface area contributed by atoms with E-state index in [1.165, 1.54) is 6.33 Å². The van der Waals surface area contributed by atoms with Crippen LogP contribution in [0.15, 0.2) is 41.6 Å². The van der Waals surface area contributed by atoms with Crippen LogP contribution in [0.4, 0.5) is 5.82 Å². The quantitative estimate of drug-likeness (QED) is 0.782. The highest BCUT2D eigenvalue weighted by atomic mass is 32.2. The summed E-state index contributed by atoms with van der Waals surface area (Å²) in [5.74, 6) is 1.38. The molecule has 2 fully saturated rings. The molecule has 0 saturated carbocycles. The van der Waals surface area contributed by atoms with Crippen LogP contribution >= 0.6 is 0 Å². The van der Waals surface area contributed by atoms with E-state index in [1.807, 2.05) is 19.1 Å². The van der Waals surface area contributed by atoms with Crippen LogP contribution < -0.4 is 9.64 Å². The summed E-state index contributed by atoms with van der Waals surface area (Å²) in [7, 11) is -1.87. The van der Waals surface area contributed by atoms with Crippen LogP contribution in [0.25, 0.3) is 0 Å². The van der Waals surface area contributed by atoms with E-state index in [0.717, 1.165) is 43.7 Å².